The van der Waals surface area contributed by atoms with Crippen LogP contribution in [0.5, 0.6) is 0 Å². The molecule has 0 aromatic carbocycles. The number of nitrogens with two attached hydrogens (primary N) is 1. The first-order chi connectivity index (χ1) is 10.9. The zero-order valence-electron chi connectivity index (χ0n) is 12.2. The number of anilines is 1. The van der Waals surface area contributed by atoms with Crippen LogP contribution in [-0.4, -0.2) is 53.1 Å². The van der Waals surface area contributed by atoms with E-state index >= 15 is 0 Å². The topological polar surface area (TPSA) is 114 Å². The highest BCUT2D eigenvalue weighted by Gasteiger charge is 2.38. The fourth-order valence-electron chi connectivity index (χ4n) is 2.35. The number of halogens is 1. The molecule has 2 aromatic heterocycles. The lowest BCUT2D eigenvalue weighted by molar-refractivity contribution is -0.0322. The van der Waals surface area contributed by atoms with E-state index in [1.54, 1.807) is 0 Å². The molecule has 1 aliphatic heterocycles. The SMILES string of the molecule is [B]P(=O)(OC)OC[C@@H]1C[C@@H](F)[C@H](n2cnc3c(N)ncnc32)O1. The van der Waals surface area contributed by atoms with Gasteiger partial charge in [-0.2, -0.15) is 0 Å². The van der Waals surface area contributed by atoms with Gasteiger partial charge < -0.3 is 19.5 Å². The molecule has 0 bridgehead atoms. The van der Waals surface area contributed by atoms with Crippen LogP contribution in [-0.2, 0) is 18.3 Å². The van der Waals surface area contributed by atoms with Crippen molar-refractivity contribution in [3.63, 3.8) is 0 Å². The number of rotatable bonds is 5. The summed E-state index contributed by atoms with van der Waals surface area (Å²) in [4.78, 5) is 11.9. The fraction of sp³-hybridized carbons (Fsp3) is 0.545. The van der Waals surface area contributed by atoms with Crippen molar-refractivity contribution in [1.82, 2.24) is 19.5 Å². The molecule has 12 heteroatoms. The van der Waals surface area contributed by atoms with Crippen LogP contribution in [0.15, 0.2) is 12.7 Å². The molecule has 23 heavy (non-hydrogen) atoms. The molecule has 1 saturated heterocycles. The van der Waals surface area contributed by atoms with Gasteiger partial charge in [-0.25, -0.2) is 19.3 Å². The molecule has 2 aromatic rings. The third-order valence-corrected chi connectivity index (χ3v) is 4.50. The Bertz CT molecular complexity index is 761. The molecule has 1 aliphatic rings. The van der Waals surface area contributed by atoms with Gasteiger partial charge in [0, 0.05) is 13.5 Å². The summed E-state index contributed by atoms with van der Waals surface area (Å²) in [7, 11) is 2.80. The van der Waals surface area contributed by atoms with E-state index in [1.807, 2.05) is 0 Å². The average Bonchev–Trinajstić information content (AvgIpc) is 3.09. The highest BCUT2D eigenvalue weighted by molar-refractivity contribution is 7.79. The Morgan fingerprint density at radius 2 is 2.35 bits per heavy atom. The Labute approximate surface area is 132 Å². The van der Waals surface area contributed by atoms with Crippen molar-refractivity contribution in [2.24, 2.45) is 0 Å². The first-order valence-electron chi connectivity index (χ1n) is 6.72. The Morgan fingerprint density at radius 3 is 3.09 bits per heavy atom. The van der Waals surface area contributed by atoms with Crippen molar-refractivity contribution in [3.8, 4) is 0 Å². The summed E-state index contributed by atoms with van der Waals surface area (Å²) in [6.07, 6.45) is -0.187. The summed E-state index contributed by atoms with van der Waals surface area (Å²) >= 11 is 0. The van der Waals surface area contributed by atoms with Gasteiger partial charge in [0.2, 0.25) is 7.57 Å². The minimum absolute atomic E-state index is 0.0502. The standard InChI is InChI=1S/C11H14BFN5O4P/c1-20-23(12,19)21-3-6-2-7(13)11(22-6)18-5-17-8-9(14)15-4-16-10(8)18/h4-7,11H,2-3H2,1H3,(H2,14,15,16)/t6-,7+,11+,23?/m0/s1. The van der Waals surface area contributed by atoms with Gasteiger partial charge in [0.25, 0.3) is 7.47 Å². The lowest BCUT2D eigenvalue weighted by Crippen LogP contribution is -2.17. The fourth-order valence-corrected chi connectivity index (χ4v) is 2.83. The summed E-state index contributed by atoms with van der Waals surface area (Å²) in [5.41, 5.74) is 6.44. The maximum Gasteiger partial charge on any atom is 0.263 e. The van der Waals surface area contributed by atoms with Gasteiger partial charge in [-0.15, -0.1) is 0 Å². The van der Waals surface area contributed by atoms with E-state index in [-0.39, 0.29) is 18.8 Å². The second-order valence-corrected chi connectivity index (χ2v) is 6.70. The number of nitrogens with zero attached hydrogens (tertiary/aromatic N) is 4. The van der Waals surface area contributed by atoms with E-state index in [0.29, 0.717) is 11.2 Å². The number of ether oxygens (including phenoxy) is 1. The molecule has 0 spiro atoms. The number of hydrogen-bond acceptors (Lipinski definition) is 8. The molecule has 9 nitrogen and oxygen atoms in total. The van der Waals surface area contributed by atoms with Crippen LogP contribution in [0.2, 0.25) is 0 Å². The number of nitrogen functional groups attached to an aromatic ring is 1. The summed E-state index contributed by atoms with van der Waals surface area (Å²) < 4.78 is 42.3. The molecule has 0 aliphatic carbocycles. The van der Waals surface area contributed by atoms with Crippen molar-refractivity contribution in [1.29, 1.82) is 0 Å². The molecule has 122 valence electrons. The van der Waals surface area contributed by atoms with Crippen LogP contribution >= 0.6 is 7.47 Å². The van der Waals surface area contributed by atoms with E-state index < -0.39 is 26.0 Å². The number of alkyl halides is 1. The largest absolute Gasteiger partial charge is 0.382 e. The van der Waals surface area contributed by atoms with Crippen molar-refractivity contribution in [2.45, 2.75) is 24.9 Å². The lowest BCUT2D eigenvalue weighted by Gasteiger charge is -2.17. The second kappa shape index (κ2) is 6.16. The highest BCUT2D eigenvalue weighted by Crippen LogP contribution is 2.43. The third kappa shape index (κ3) is 3.23. The highest BCUT2D eigenvalue weighted by atomic mass is 31.2. The lowest BCUT2D eigenvalue weighted by atomic mass is 10.2. The molecule has 2 N–H and O–H groups in total. The summed E-state index contributed by atoms with van der Waals surface area (Å²) in [6, 6.07) is 0. The molecule has 1 fully saturated rings. The summed E-state index contributed by atoms with van der Waals surface area (Å²) in [6.45, 7) is -0.151. The Hall–Kier alpha value is -1.55. The van der Waals surface area contributed by atoms with E-state index in [4.69, 9.17) is 22.6 Å². The van der Waals surface area contributed by atoms with Gasteiger partial charge >= 0.3 is 0 Å². The van der Waals surface area contributed by atoms with Gasteiger partial charge in [-0.1, -0.05) is 0 Å². The Balaban J connectivity index is 1.76. The number of imidazole rings is 1. The number of aromatic nitrogens is 4. The van der Waals surface area contributed by atoms with Crippen LogP contribution in [0.25, 0.3) is 11.2 Å². The molecular formula is C11H14BFN5O4P. The Kier molecular flexibility index (Phi) is 4.37. The number of fused-ring (bicyclic) bond motifs is 1. The zero-order chi connectivity index (χ0) is 16.6. The Morgan fingerprint density at radius 1 is 1.57 bits per heavy atom. The predicted molar refractivity (Wildman–Crippen MR) is 79.5 cm³/mol. The summed E-state index contributed by atoms with van der Waals surface area (Å²) in [5, 5.41) is 0. The quantitative estimate of drug-likeness (QED) is 0.632. The van der Waals surface area contributed by atoms with E-state index in [1.165, 1.54) is 24.3 Å². The molecule has 3 heterocycles. The maximum absolute atomic E-state index is 14.3. The molecule has 3 rings (SSSR count). The normalized spacial score (nSPS) is 27.3. The van der Waals surface area contributed by atoms with E-state index in [9.17, 15) is 8.96 Å². The minimum atomic E-state index is -3.63. The minimum Gasteiger partial charge on any atom is -0.382 e. The first kappa shape index (κ1) is 16.3. The van der Waals surface area contributed by atoms with E-state index in [2.05, 4.69) is 19.5 Å². The predicted octanol–water partition coefficient (Wildman–Crippen LogP) is 0.974. The van der Waals surface area contributed by atoms with Crippen LogP contribution in [0.4, 0.5) is 10.2 Å². The van der Waals surface area contributed by atoms with Gasteiger partial charge in [0.05, 0.1) is 19.0 Å². The molecule has 4 atom stereocenters. The monoisotopic (exact) mass is 341 g/mol. The smallest absolute Gasteiger partial charge is 0.263 e. The molecule has 2 radical (unpaired) electrons. The molecule has 0 saturated carbocycles. The summed E-state index contributed by atoms with van der Waals surface area (Å²) in [5.74, 6) is 0.200. The average molecular weight is 341 g/mol. The van der Waals surface area contributed by atoms with Gasteiger partial charge in [0.1, 0.15) is 18.0 Å². The maximum atomic E-state index is 14.3. The molecule has 1 unspecified atom stereocenters. The van der Waals surface area contributed by atoms with Crippen molar-refractivity contribution in [2.75, 3.05) is 19.5 Å². The van der Waals surface area contributed by atoms with Gasteiger partial charge in [-0.05, 0) is 0 Å². The van der Waals surface area contributed by atoms with Crippen LogP contribution < -0.4 is 5.73 Å². The van der Waals surface area contributed by atoms with E-state index in [0.717, 1.165) is 0 Å². The molecule has 0 amide bonds. The van der Waals surface area contributed by atoms with Crippen molar-refractivity contribution in [3.05, 3.63) is 12.7 Å². The van der Waals surface area contributed by atoms with Crippen molar-refractivity contribution < 1.29 is 22.7 Å². The number of hydrogen-bond donors (Lipinski definition) is 1. The van der Waals surface area contributed by atoms with Crippen LogP contribution in [0, 0.1) is 0 Å². The van der Waals surface area contributed by atoms with Crippen molar-refractivity contribution >= 4 is 32.0 Å². The zero-order valence-corrected chi connectivity index (χ0v) is 13.1. The first-order valence-corrected chi connectivity index (χ1v) is 8.34. The van der Waals surface area contributed by atoms with Crippen LogP contribution in [0.1, 0.15) is 12.6 Å². The molecular weight excluding hydrogens is 327 g/mol. The van der Waals surface area contributed by atoms with Crippen LogP contribution in [0.3, 0.4) is 0 Å². The van der Waals surface area contributed by atoms with Gasteiger partial charge in [0.15, 0.2) is 17.7 Å². The third-order valence-electron chi connectivity index (χ3n) is 3.49. The second-order valence-electron chi connectivity index (χ2n) is 5.00. The van der Waals surface area contributed by atoms with Gasteiger partial charge in [-0.3, -0.25) is 9.13 Å².